The Morgan fingerprint density at radius 1 is 1.16 bits per heavy atom. The predicted octanol–water partition coefficient (Wildman–Crippen LogP) is 5.08. The Labute approximate surface area is 158 Å². The Hall–Kier alpha value is -2.02. The number of halogens is 2. The van der Waals surface area contributed by atoms with Gasteiger partial charge in [0, 0.05) is 5.56 Å². The molecule has 0 spiro atoms. The first-order valence-electron chi connectivity index (χ1n) is 7.30. The van der Waals surface area contributed by atoms with Crippen LogP contribution in [0.2, 0.25) is 10.0 Å². The number of para-hydroxylation sites is 1. The van der Waals surface area contributed by atoms with Crippen molar-refractivity contribution in [3.63, 3.8) is 0 Å². The van der Waals surface area contributed by atoms with Gasteiger partial charge in [0.05, 0.1) is 21.5 Å². The van der Waals surface area contributed by atoms with Crippen LogP contribution in [0, 0.1) is 6.92 Å². The normalized spacial score (nSPS) is 10.7. The summed E-state index contributed by atoms with van der Waals surface area (Å²) >= 11 is 13.2. The lowest BCUT2D eigenvalue weighted by Crippen LogP contribution is -2.14. The molecular weight excluding hydrogens is 381 g/mol. The van der Waals surface area contributed by atoms with Crippen LogP contribution in [0.25, 0.3) is 11.5 Å². The summed E-state index contributed by atoms with van der Waals surface area (Å²) in [6.07, 6.45) is 0. The highest BCUT2D eigenvalue weighted by molar-refractivity contribution is 7.99. The second-order valence-corrected chi connectivity index (χ2v) is 6.92. The summed E-state index contributed by atoms with van der Waals surface area (Å²) in [4.78, 5) is 12.1. The van der Waals surface area contributed by atoms with Crippen molar-refractivity contribution >= 4 is 46.6 Å². The van der Waals surface area contributed by atoms with Crippen LogP contribution in [0.5, 0.6) is 0 Å². The van der Waals surface area contributed by atoms with Crippen LogP contribution >= 0.6 is 35.0 Å². The number of carbonyl (C=O) groups is 1. The molecule has 128 valence electrons. The molecule has 8 heteroatoms. The van der Waals surface area contributed by atoms with E-state index >= 15 is 0 Å². The van der Waals surface area contributed by atoms with Crippen molar-refractivity contribution in [3.05, 3.63) is 58.1 Å². The minimum Gasteiger partial charge on any atom is -0.411 e. The van der Waals surface area contributed by atoms with Gasteiger partial charge < -0.3 is 9.73 Å². The summed E-state index contributed by atoms with van der Waals surface area (Å²) in [7, 11) is 0. The molecule has 0 saturated carbocycles. The van der Waals surface area contributed by atoms with Crippen molar-refractivity contribution in [1.82, 2.24) is 10.2 Å². The minimum absolute atomic E-state index is 0.0942. The first kappa shape index (κ1) is 17.8. The maximum atomic E-state index is 12.1. The molecule has 3 rings (SSSR count). The molecule has 1 heterocycles. The second-order valence-electron chi connectivity index (χ2n) is 5.18. The highest BCUT2D eigenvalue weighted by Crippen LogP contribution is 2.30. The largest absolute Gasteiger partial charge is 0.411 e. The second kappa shape index (κ2) is 7.91. The van der Waals surface area contributed by atoms with Crippen molar-refractivity contribution in [2.24, 2.45) is 0 Å². The number of carbonyl (C=O) groups excluding carboxylic acids is 1. The lowest BCUT2D eigenvalue weighted by atomic mass is 10.1. The number of hydrogen-bond donors (Lipinski definition) is 1. The first-order chi connectivity index (χ1) is 12.0. The average molecular weight is 394 g/mol. The van der Waals surface area contributed by atoms with Gasteiger partial charge in [-0.25, -0.2) is 0 Å². The molecule has 0 radical (unpaired) electrons. The van der Waals surface area contributed by atoms with Gasteiger partial charge in [0.15, 0.2) is 0 Å². The number of thioether (sulfide) groups is 1. The highest BCUT2D eigenvalue weighted by atomic mass is 35.5. The Balaban J connectivity index is 1.61. The molecule has 0 saturated heterocycles. The number of nitrogens with zero attached hydrogens (tertiary/aromatic N) is 2. The summed E-state index contributed by atoms with van der Waals surface area (Å²) in [6.45, 7) is 1.99. The fourth-order valence-corrected chi connectivity index (χ4v) is 3.14. The lowest BCUT2D eigenvalue weighted by molar-refractivity contribution is -0.113. The quantitative estimate of drug-likeness (QED) is 0.611. The molecule has 25 heavy (non-hydrogen) atoms. The zero-order chi connectivity index (χ0) is 17.8. The molecule has 0 aliphatic rings. The fourth-order valence-electron chi connectivity index (χ4n) is 2.08. The van der Waals surface area contributed by atoms with Crippen LogP contribution in [0.1, 0.15) is 5.56 Å². The molecule has 1 aromatic heterocycles. The van der Waals surface area contributed by atoms with Crippen molar-refractivity contribution in [2.75, 3.05) is 11.1 Å². The van der Waals surface area contributed by atoms with Gasteiger partial charge in [-0.1, -0.05) is 58.7 Å². The molecule has 0 aliphatic carbocycles. The third-order valence-corrected chi connectivity index (χ3v) is 4.67. The maximum Gasteiger partial charge on any atom is 0.277 e. The van der Waals surface area contributed by atoms with Crippen LogP contribution in [0.15, 0.2) is 52.1 Å². The highest BCUT2D eigenvalue weighted by Gasteiger charge is 2.13. The van der Waals surface area contributed by atoms with Gasteiger partial charge in [0.2, 0.25) is 11.8 Å². The molecule has 0 atom stereocenters. The smallest absolute Gasteiger partial charge is 0.277 e. The standard InChI is InChI=1S/C17H13Cl2N3O2S/c1-10-4-2-5-11(8-10)16-21-22-17(24-16)25-9-14(23)20-15-12(18)6-3-7-13(15)19/h2-8H,9H2,1H3,(H,20,23). The predicted molar refractivity (Wildman–Crippen MR) is 100 cm³/mol. The van der Waals surface area contributed by atoms with Crippen LogP contribution in [-0.2, 0) is 4.79 Å². The van der Waals surface area contributed by atoms with E-state index in [9.17, 15) is 4.79 Å². The number of amides is 1. The minimum atomic E-state index is -0.268. The first-order valence-corrected chi connectivity index (χ1v) is 9.04. The molecule has 1 N–H and O–H groups in total. The van der Waals surface area contributed by atoms with E-state index in [4.69, 9.17) is 27.6 Å². The van der Waals surface area contributed by atoms with Crippen molar-refractivity contribution in [1.29, 1.82) is 0 Å². The van der Waals surface area contributed by atoms with Crippen molar-refractivity contribution < 1.29 is 9.21 Å². The Morgan fingerprint density at radius 2 is 1.88 bits per heavy atom. The Bertz CT molecular complexity index is 894. The van der Waals surface area contributed by atoms with Gasteiger partial charge in [0.1, 0.15) is 0 Å². The third kappa shape index (κ3) is 4.54. The molecule has 0 bridgehead atoms. The van der Waals surface area contributed by atoms with Gasteiger partial charge >= 0.3 is 0 Å². The number of nitrogens with one attached hydrogen (secondary N) is 1. The van der Waals surface area contributed by atoms with Crippen LogP contribution in [-0.4, -0.2) is 21.9 Å². The Morgan fingerprint density at radius 3 is 2.60 bits per heavy atom. The summed E-state index contributed by atoms with van der Waals surface area (Å²) in [5.41, 5.74) is 2.33. The van der Waals surface area contributed by atoms with E-state index in [2.05, 4.69) is 15.5 Å². The lowest BCUT2D eigenvalue weighted by Gasteiger charge is -2.08. The van der Waals surface area contributed by atoms with Gasteiger partial charge in [-0.2, -0.15) is 0 Å². The maximum absolute atomic E-state index is 12.1. The third-order valence-electron chi connectivity index (χ3n) is 3.23. The van der Waals surface area contributed by atoms with Crippen molar-refractivity contribution in [3.8, 4) is 11.5 Å². The number of rotatable bonds is 5. The molecule has 5 nitrogen and oxygen atoms in total. The number of anilines is 1. The van der Waals surface area contributed by atoms with Gasteiger partial charge in [-0.3, -0.25) is 4.79 Å². The average Bonchev–Trinajstić information content (AvgIpc) is 3.06. The van der Waals surface area contributed by atoms with Gasteiger partial charge in [-0.15, -0.1) is 10.2 Å². The summed E-state index contributed by atoms with van der Waals surface area (Å²) in [5.74, 6) is 0.243. The number of aromatic nitrogens is 2. The molecule has 2 aromatic carbocycles. The molecule has 0 aliphatic heterocycles. The van der Waals surface area contributed by atoms with Crippen LogP contribution in [0.4, 0.5) is 5.69 Å². The fraction of sp³-hybridized carbons (Fsp3) is 0.118. The van der Waals surface area contributed by atoms with E-state index in [0.717, 1.165) is 22.9 Å². The monoisotopic (exact) mass is 393 g/mol. The molecule has 0 fully saturated rings. The van der Waals surface area contributed by atoms with E-state index in [1.165, 1.54) is 0 Å². The molecule has 3 aromatic rings. The Kier molecular flexibility index (Phi) is 5.63. The van der Waals surface area contributed by atoms with E-state index in [1.807, 2.05) is 31.2 Å². The summed E-state index contributed by atoms with van der Waals surface area (Å²) in [5, 5.41) is 11.7. The van der Waals surface area contributed by atoms with E-state index in [0.29, 0.717) is 26.8 Å². The SMILES string of the molecule is Cc1cccc(-c2nnc(SCC(=O)Nc3c(Cl)cccc3Cl)o2)c1. The molecule has 1 amide bonds. The number of hydrogen-bond acceptors (Lipinski definition) is 5. The van der Waals surface area contributed by atoms with Gasteiger partial charge in [-0.05, 0) is 31.2 Å². The van der Waals surface area contributed by atoms with Crippen LogP contribution in [0.3, 0.4) is 0 Å². The van der Waals surface area contributed by atoms with Crippen molar-refractivity contribution in [2.45, 2.75) is 12.1 Å². The molecule has 0 unspecified atom stereocenters. The zero-order valence-electron chi connectivity index (χ0n) is 13.1. The van der Waals surface area contributed by atoms with E-state index < -0.39 is 0 Å². The summed E-state index contributed by atoms with van der Waals surface area (Å²) in [6, 6.07) is 12.8. The van der Waals surface area contributed by atoms with E-state index in [1.54, 1.807) is 18.2 Å². The molecular formula is C17H13Cl2N3O2S. The number of benzene rings is 2. The summed E-state index contributed by atoms with van der Waals surface area (Å²) < 4.78 is 5.58. The number of aryl methyl sites for hydroxylation is 1. The topological polar surface area (TPSA) is 68.0 Å². The zero-order valence-corrected chi connectivity index (χ0v) is 15.5. The van der Waals surface area contributed by atoms with E-state index in [-0.39, 0.29) is 11.7 Å². The van der Waals surface area contributed by atoms with Gasteiger partial charge in [0.25, 0.3) is 5.22 Å². The van der Waals surface area contributed by atoms with Crippen LogP contribution < -0.4 is 5.32 Å².